The van der Waals surface area contributed by atoms with E-state index in [4.69, 9.17) is 4.42 Å². The lowest BCUT2D eigenvalue weighted by Gasteiger charge is -2.33. The van der Waals surface area contributed by atoms with Crippen molar-refractivity contribution in [3.63, 3.8) is 0 Å². The van der Waals surface area contributed by atoms with E-state index in [1.165, 1.54) is 12.8 Å². The Balaban J connectivity index is 1.66. The van der Waals surface area contributed by atoms with E-state index < -0.39 is 0 Å². The first kappa shape index (κ1) is 13.8. The molecule has 1 atom stereocenters. The maximum Gasteiger partial charge on any atom is 0.236 e. The van der Waals surface area contributed by atoms with Crippen LogP contribution in [0, 0.1) is 0 Å². The van der Waals surface area contributed by atoms with Crippen molar-refractivity contribution in [3.8, 4) is 10.8 Å². The first-order chi connectivity index (χ1) is 9.86. The molecular weight excluding hydrogens is 270 g/mol. The summed E-state index contributed by atoms with van der Waals surface area (Å²) in [7, 11) is 0. The van der Waals surface area contributed by atoms with Gasteiger partial charge in [0.25, 0.3) is 0 Å². The molecule has 1 aliphatic heterocycles. The van der Waals surface area contributed by atoms with Crippen LogP contribution in [0.5, 0.6) is 0 Å². The molecule has 0 amide bonds. The highest BCUT2D eigenvalue weighted by Gasteiger charge is 2.21. The predicted octanol–water partition coefficient (Wildman–Crippen LogP) is 2.98. The summed E-state index contributed by atoms with van der Waals surface area (Å²) in [5.41, 5.74) is 1.03. The van der Waals surface area contributed by atoms with Crippen LogP contribution < -0.4 is 5.32 Å². The molecule has 3 rings (SSSR count). The summed E-state index contributed by atoms with van der Waals surface area (Å²) in [6.07, 6.45) is 4.34. The molecule has 1 aliphatic rings. The third kappa shape index (κ3) is 3.11. The lowest BCUT2D eigenvalue weighted by atomic mass is 10.1. The second kappa shape index (κ2) is 6.52. The van der Waals surface area contributed by atoms with Crippen LogP contribution in [0.2, 0.25) is 0 Å². The number of aromatic nitrogens is 1. The Morgan fingerprint density at radius 3 is 3.20 bits per heavy atom. The molecule has 4 nitrogen and oxygen atoms in total. The maximum absolute atomic E-state index is 5.60. The van der Waals surface area contributed by atoms with Gasteiger partial charge in [-0.15, -0.1) is 11.3 Å². The summed E-state index contributed by atoms with van der Waals surface area (Å²) in [5, 5.41) is 5.53. The summed E-state index contributed by atoms with van der Waals surface area (Å²) < 4.78 is 5.60. The fraction of sp³-hybridized carbons (Fsp3) is 0.533. The largest absolute Gasteiger partial charge is 0.444 e. The van der Waals surface area contributed by atoms with E-state index in [1.54, 1.807) is 17.6 Å². The summed E-state index contributed by atoms with van der Waals surface area (Å²) in [6.45, 7) is 6.38. The van der Waals surface area contributed by atoms with Crippen LogP contribution in [-0.4, -0.2) is 35.6 Å². The first-order valence-electron chi connectivity index (χ1n) is 7.30. The number of piperidine rings is 1. The minimum Gasteiger partial charge on any atom is -0.444 e. The topological polar surface area (TPSA) is 41.3 Å². The molecule has 2 aromatic heterocycles. The van der Waals surface area contributed by atoms with E-state index >= 15 is 0 Å². The van der Waals surface area contributed by atoms with Crippen molar-refractivity contribution in [2.75, 3.05) is 19.6 Å². The molecule has 108 valence electrons. The third-order valence-electron chi connectivity index (χ3n) is 3.84. The Morgan fingerprint density at radius 2 is 2.50 bits per heavy atom. The van der Waals surface area contributed by atoms with Gasteiger partial charge in [-0.1, -0.05) is 13.0 Å². The molecule has 5 heteroatoms. The summed E-state index contributed by atoms with van der Waals surface area (Å²) in [5.74, 6) is 0.743. The smallest absolute Gasteiger partial charge is 0.236 e. The number of nitrogens with zero attached hydrogens (tertiary/aromatic N) is 2. The molecule has 0 radical (unpaired) electrons. The van der Waals surface area contributed by atoms with Crippen LogP contribution in [0.25, 0.3) is 10.8 Å². The number of nitrogens with one attached hydrogen (secondary N) is 1. The van der Waals surface area contributed by atoms with Gasteiger partial charge in [0.05, 0.1) is 10.6 Å². The van der Waals surface area contributed by atoms with Crippen LogP contribution in [0.4, 0.5) is 0 Å². The van der Waals surface area contributed by atoms with Crippen LogP contribution in [0.3, 0.4) is 0 Å². The number of hydrogen-bond acceptors (Lipinski definition) is 5. The second-order valence-electron chi connectivity index (χ2n) is 5.18. The molecule has 0 spiro atoms. The highest BCUT2D eigenvalue weighted by atomic mass is 32.1. The molecule has 1 fully saturated rings. The first-order valence-corrected chi connectivity index (χ1v) is 8.18. The predicted molar refractivity (Wildman–Crippen MR) is 81.8 cm³/mol. The normalized spacial score (nSPS) is 19.6. The average Bonchev–Trinajstić information content (AvgIpc) is 3.16. The van der Waals surface area contributed by atoms with Gasteiger partial charge in [-0.25, -0.2) is 4.98 Å². The lowest BCUT2D eigenvalue weighted by Crippen LogP contribution is -2.45. The van der Waals surface area contributed by atoms with Crippen molar-refractivity contribution in [1.82, 2.24) is 15.2 Å². The van der Waals surface area contributed by atoms with E-state index in [0.29, 0.717) is 6.04 Å². The molecule has 1 unspecified atom stereocenters. The van der Waals surface area contributed by atoms with Gasteiger partial charge in [0.1, 0.15) is 6.26 Å². The Bertz CT molecular complexity index is 517. The Kier molecular flexibility index (Phi) is 4.50. The lowest BCUT2D eigenvalue weighted by molar-refractivity contribution is 0.164. The second-order valence-corrected chi connectivity index (χ2v) is 6.13. The SMILES string of the molecule is CCN(Cc1coc(-c2cccs2)n1)C1CCCNC1. The van der Waals surface area contributed by atoms with Gasteiger partial charge in [-0.05, 0) is 37.4 Å². The van der Waals surface area contributed by atoms with Gasteiger partial charge < -0.3 is 9.73 Å². The fourth-order valence-electron chi connectivity index (χ4n) is 2.75. The maximum atomic E-state index is 5.60. The standard InChI is InChI=1S/C15H21N3OS/c1-2-18(13-5-3-7-16-9-13)10-12-11-19-15(17-12)14-6-4-8-20-14/h4,6,8,11,13,16H,2-3,5,7,9-10H2,1H3. The number of hydrogen-bond donors (Lipinski definition) is 1. The molecule has 0 bridgehead atoms. The van der Waals surface area contributed by atoms with Gasteiger partial charge in [0.15, 0.2) is 0 Å². The van der Waals surface area contributed by atoms with Crippen molar-refractivity contribution in [2.24, 2.45) is 0 Å². The molecule has 3 heterocycles. The van der Waals surface area contributed by atoms with Crippen LogP contribution in [-0.2, 0) is 6.54 Å². The number of thiophene rings is 1. The molecular formula is C15H21N3OS. The average molecular weight is 291 g/mol. The summed E-state index contributed by atoms with van der Waals surface area (Å²) in [4.78, 5) is 8.20. The quantitative estimate of drug-likeness (QED) is 0.919. The molecule has 1 saturated heterocycles. The van der Waals surface area contributed by atoms with E-state index in [-0.39, 0.29) is 0 Å². The number of likely N-dealkylation sites (N-methyl/N-ethyl adjacent to an activating group) is 1. The van der Waals surface area contributed by atoms with Crippen molar-refractivity contribution < 1.29 is 4.42 Å². The highest BCUT2D eigenvalue weighted by molar-refractivity contribution is 7.13. The zero-order valence-electron chi connectivity index (χ0n) is 11.8. The van der Waals surface area contributed by atoms with E-state index in [9.17, 15) is 0 Å². The molecule has 0 aliphatic carbocycles. The highest BCUT2D eigenvalue weighted by Crippen LogP contribution is 2.24. The van der Waals surface area contributed by atoms with Crippen LogP contribution in [0.15, 0.2) is 28.2 Å². The van der Waals surface area contributed by atoms with Gasteiger partial charge >= 0.3 is 0 Å². The van der Waals surface area contributed by atoms with Crippen LogP contribution in [0.1, 0.15) is 25.5 Å². The van der Waals surface area contributed by atoms with Gasteiger partial charge in [-0.3, -0.25) is 4.90 Å². The summed E-state index contributed by atoms with van der Waals surface area (Å²) >= 11 is 1.66. The van der Waals surface area contributed by atoms with E-state index in [1.807, 2.05) is 17.5 Å². The zero-order valence-corrected chi connectivity index (χ0v) is 12.7. The Hall–Kier alpha value is -1.17. The van der Waals surface area contributed by atoms with Crippen molar-refractivity contribution in [2.45, 2.75) is 32.4 Å². The molecule has 0 aromatic carbocycles. The molecule has 20 heavy (non-hydrogen) atoms. The number of oxazole rings is 1. The Labute approximate surface area is 123 Å². The fourth-order valence-corrected chi connectivity index (χ4v) is 3.40. The van der Waals surface area contributed by atoms with E-state index in [0.717, 1.165) is 42.6 Å². The summed E-state index contributed by atoms with van der Waals surface area (Å²) in [6, 6.07) is 4.69. The van der Waals surface area contributed by atoms with Crippen LogP contribution >= 0.6 is 11.3 Å². The molecule has 1 N–H and O–H groups in total. The van der Waals surface area contributed by atoms with Crippen molar-refractivity contribution >= 4 is 11.3 Å². The Morgan fingerprint density at radius 1 is 1.55 bits per heavy atom. The van der Waals surface area contributed by atoms with Gasteiger partial charge in [0, 0.05) is 19.1 Å². The minimum absolute atomic E-state index is 0.621. The third-order valence-corrected chi connectivity index (χ3v) is 4.70. The minimum atomic E-state index is 0.621. The zero-order chi connectivity index (χ0) is 13.8. The van der Waals surface area contributed by atoms with E-state index in [2.05, 4.69) is 22.1 Å². The molecule has 2 aromatic rings. The monoisotopic (exact) mass is 291 g/mol. The van der Waals surface area contributed by atoms with Gasteiger partial charge in [-0.2, -0.15) is 0 Å². The molecule has 0 saturated carbocycles. The number of rotatable bonds is 5. The van der Waals surface area contributed by atoms with Gasteiger partial charge in [0.2, 0.25) is 5.89 Å². The van der Waals surface area contributed by atoms with Crippen molar-refractivity contribution in [1.29, 1.82) is 0 Å². The van der Waals surface area contributed by atoms with Crippen molar-refractivity contribution in [3.05, 3.63) is 29.5 Å².